The van der Waals surface area contributed by atoms with Crippen molar-refractivity contribution in [3.05, 3.63) is 42.2 Å². The van der Waals surface area contributed by atoms with Gasteiger partial charge in [0.15, 0.2) is 0 Å². The largest absolute Gasteiger partial charge is 0.480 e. The maximum atomic E-state index is 11.0. The van der Waals surface area contributed by atoms with Gasteiger partial charge in [-0.3, -0.25) is 4.79 Å². The quantitative estimate of drug-likeness (QED) is 0.781. The van der Waals surface area contributed by atoms with Crippen LogP contribution in [0, 0.1) is 0 Å². The Morgan fingerprint density at radius 3 is 2.62 bits per heavy atom. The first kappa shape index (κ1) is 21.7. The second kappa shape index (κ2) is 8.63. The van der Waals surface area contributed by atoms with Crippen LogP contribution in [0.4, 0.5) is 0 Å². The van der Waals surface area contributed by atoms with E-state index in [2.05, 4.69) is 9.97 Å². The smallest absolute Gasteiger partial charge is 0.323 e. The van der Waals surface area contributed by atoms with Crippen molar-refractivity contribution in [2.75, 3.05) is 0 Å². The molecule has 0 aliphatic carbocycles. The van der Waals surface area contributed by atoms with Gasteiger partial charge in [-0.1, -0.05) is 18.2 Å². The van der Waals surface area contributed by atoms with Gasteiger partial charge >= 0.3 is 5.97 Å². The molecular formula is C13H19Cl2N3O3. The van der Waals surface area contributed by atoms with Crippen molar-refractivity contribution in [3.8, 4) is 11.4 Å². The van der Waals surface area contributed by atoms with E-state index in [1.807, 2.05) is 24.3 Å². The number of aliphatic carboxylic acids is 1. The first-order valence-corrected chi connectivity index (χ1v) is 5.60. The van der Waals surface area contributed by atoms with E-state index in [0.29, 0.717) is 0 Å². The summed E-state index contributed by atoms with van der Waals surface area (Å²) in [4.78, 5) is 18.2. The molecule has 6 N–H and O–H groups in total. The number of nitrogens with zero attached hydrogens (tertiary/aromatic N) is 1. The molecule has 0 radical (unpaired) electrons. The fraction of sp³-hybridized carbons (Fsp3) is 0.231. The minimum absolute atomic E-state index is 0. The van der Waals surface area contributed by atoms with Crippen molar-refractivity contribution in [1.29, 1.82) is 0 Å². The van der Waals surface area contributed by atoms with Gasteiger partial charge in [0.25, 0.3) is 0 Å². The summed E-state index contributed by atoms with van der Waals surface area (Å²) in [5, 5.41) is 9.01. The van der Waals surface area contributed by atoms with Gasteiger partial charge < -0.3 is 21.3 Å². The first-order chi connectivity index (χ1) is 8.49. The Bertz CT molecular complexity index is 560. The molecule has 2 rings (SSSR count). The summed E-state index contributed by atoms with van der Waals surface area (Å²) in [7, 11) is 0. The summed E-state index contributed by atoms with van der Waals surface area (Å²) in [5.41, 5.74) is 6.26. The number of carbonyl (C=O) groups is 1. The lowest BCUT2D eigenvalue weighted by Gasteiger charge is -2.19. The second-order valence-corrected chi connectivity index (χ2v) is 4.54. The summed E-state index contributed by atoms with van der Waals surface area (Å²) in [6, 6.07) is 7.54. The van der Waals surface area contributed by atoms with E-state index in [-0.39, 0.29) is 36.7 Å². The van der Waals surface area contributed by atoms with Gasteiger partial charge in [0.2, 0.25) is 0 Å². The van der Waals surface area contributed by atoms with Gasteiger partial charge in [0, 0.05) is 24.4 Å². The summed E-state index contributed by atoms with van der Waals surface area (Å²) in [6.45, 7) is 1.51. The maximum absolute atomic E-state index is 11.0. The zero-order valence-electron chi connectivity index (χ0n) is 11.4. The number of imidazole rings is 1. The SMILES string of the molecule is C[C@](N)(Cc1cccc(-c2ncc[nH]2)c1)C(=O)O.Cl.Cl.O. The molecule has 6 nitrogen and oxygen atoms in total. The molecule has 0 saturated heterocycles. The molecule has 1 aromatic heterocycles. The van der Waals surface area contributed by atoms with Crippen LogP contribution in [0.15, 0.2) is 36.7 Å². The fourth-order valence-electron chi connectivity index (χ4n) is 1.75. The molecule has 0 unspecified atom stereocenters. The molecule has 1 aromatic carbocycles. The summed E-state index contributed by atoms with van der Waals surface area (Å²) in [6.07, 6.45) is 3.69. The highest BCUT2D eigenvalue weighted by molar-refractivity contribution is 5.85. The topological polar surface area (TPSA) is 124 Å². The van der Waals surface area contributed by atoms with Crippen LogP contribution >= 0.6 is 24.8 Å². The number of carboxylic acid groups (broad SMARTS) is 1. The number of nitrogens with two attached hydrogens (primary N) is 1. The monoisotopic (exact) mass is 335 g/mol. The minimum Gasteiger partial charge on any atom is -0.480 e. The van der Waals surface area contributed by atoms with Crippen LogP contribution < -0.4 is 5.73 Å². The van der Waals surface area contributed by atoms with Crippen LogP contribution in [-0.2, 0) is 11.2 Å². The van der Waals surface area contributed by atoms with Crippen LogP contribution in [0.1, 0.15) is 12.5 Å². The van der Waals surface area contributed by atoms with Gasteiger partial charge in [-0.2, -0.15) is 0 Å². The lowest BCUT2D eigenvalue weighted by molar-refractivity contribution is -0.142. The molecular weight excluding hydrogens is 317 g/mol. The summed E-state index contributed by atoms with van der Waals surface area (Å²) >= 11 is 0. The molecule has 2 aromatic rings. The van der Waals surface area contributed by atoms with Crippen LogP contribution in [0.2, 0.25) is 0 Å². The van der Waals surface area contributed by atoms with Crippen molar-refractivity contribution in [2.45, 2.75) is 18.9 Å². The van der Waals surface area contributed by atoms with Crippen molar-refractivity contribution >= 4 is 30.8 Å². The summed E-state index contributed by atoms with van der Waals surface area (Å²) < 4.78 is 0. The number of nitrogens with one attached hydrogen (secondary N) is 1. The van der Waals surface area contributed by atoms with Crippen molar-refractivity contribution < 1.29 is 15.4 Å². The molecule has 118 valence electrons. The standard InChI is InChI=1S/C13H15N3O2.2ClH.H2O/c1-13(14,12(17)18)8-9-3-2-4-10(7-9)11-15-5-6-16-11;;;/h2-7H,8,14H2,1H3,(H,15,16)(H,17,18);2*1H;1H2/t13-;;;/m0.../s1. The van der Waals surface area contributed by atoms with Crippen molar-refractivity contribution in [3.63, 3.8) is 0 Å². The Balaban J connectivity index is 0. The zero-order chi connectivity index (χ0) is 13.2. The molecule has 1 atom stereocenters. The average Bonchev–Trinajstić information content (AvgIpc) is 2.82. The minimum atomic E-state index is -1.26. The molecule has 0 aliphatic heterocycles. The number of benzene rings is 1. The number of aromatic amines is 1. The molecule has 21 heavy (non-hydrogen) atoms. The van der Waals surface area contributed by atoms with E-state index in [9.17, 15) is 4.79 Å². The first-order valence-electron chi connectivity index (χ1n) is 5.60. The highest BCUT2D eigenvalue weighted by Gasteiger charge is 2.28. The number of rotatable bonds is 4. The number of hydrogen-bond acceptors (Lipinski definition) is 3. The van der Waals surface area contributed by atoms with Gasteiger partial charge in [-0.25, -0.2) is 4.98 Å². The molecule has 0 bridgehead atoms. The van der Waals surface area contributed by atoms with Gasteiger partial charge in [0.05, 0.1) is 0 Å². The predicted molar refractivity (Wildman–Crippen MR) is 86.1 cm³/mol. The fourth-order valence-corrected chi connectivity index (χ4v) is 1.75. The van der Waals surface area contributed by atoms with E-state index >= 15 is 0 Å². The molecule has 0 amide bonds. The summed E-state index contributed by atoms with van der Waals surface area (Å²) in [5.74, 6) is -0.253. The number of halogens is 2. The van der Waals surface area contributed by atoms with Gasteiger partial charge in [-0.05, 0) is 18.6 Å². The maximum Gasteiger partial charge on any atom is 0.323 e. The average molecular weight is 336 g/mol. The van der Waals surface area contributed by atoms with Crippen LogP contribution in [-0.4, -0.2) is 32.1 Å². The Kier molecular flexibility index (Phi) is 8.92. The van der Waals surface area contributed by atoms with E-state index in [1.165, 1.54) is 6.92 Å². The van der Waals surface area contributed by atoms with E-state index in [0.717, 1.165) is 17.0 Å². The Hall–Kier alpha value is -1.60. The van der Waals surface area contributed by atoms with Crippen LogP contribution in [0.25, 0.3) is 11.4 Å². The van der Waals surface area contributed by atoms with Gasteiger partial charge in [0.1, 0.15) is 11.4 Å². The molecule has 8 heteroatoms. The molecule has 0 fully saturated rings. The van der Waals surface area contributed by atoms with Gasteiger partial charge in [-0.15, -0.1) is 24.8 Å². The normalized spacial score (nSPS) is 12.1. The lowest BCUT2D eigenvalue weighted by atomic mass is 9.93. The van der Waals surface area contributed by atoms with E-state index in [1.54, 1.807) is 12.4 Å². The molecule has 0 spiro atoms. The Morgan fingerprint density at radius 1 is 1.43 bits per heavy atom. The number of hydrogen-bond donors (Lipinski definition) is 3. The zero-order valence-corrected chi connectivity index (χ0v) is 13.0. The number of carboxylic acids is 1. The third kappa shape index (κ3) is 5.35. The Labute approximate surface area is 134 Å². The highest BCUT2D eigenvalue weighted by Crippen LogP contribution is 2.19. The predicted octanol–water partition coefficient (Wildman–Crippen LogP) is 1.44. The van der Waals surface area contributed by atoms with E-state index < -0.39 is 11.5 Å². The van der Waals surface area contributed by atoms with Crippen LogP contribution in [0.5, 0.6) is 0 Å². The van der Waals surface area contributed by atoms with E-state index in [4.69, 9.17) is 10.8 Å². The third-order valence-corrected chi connectivity index (χ3v) is 2.76. The van der Waals surface area contributed by atoms with Crippen molar-refractivity contribution in [1.82, 2.24) is 9.97 Å². The molecule has 0 saturated carbocycles. The third-order valence-electron chi connectivity index (χ3n) is 2.76. The lowest BCUT2D eigenvalue weighted by Crippen LogP contribution is -2.46. The number of H-pyrrole nitrogens is 1. The highest BCUT2D eigenvalue weighted by atomic mass is 35.5. The Morgan fingerprint density at radius 2 is 2.10 bits per heavy atom. The molecule has 1 heterocycles. The molecule has 0 aliphatic rings. The van der Waals surface area contributed by atoms with Crippen molar-refractivity contribution in [2.24, 2.45) is 5.73 Å². The number of aromatic nitrogens is 2. The van der Waals surface area contributed by atoms with Crippen LogP contribution in [0.3, 0.4) is 0 Å². The second-order valence-electron chi connectivity index (χ2n) is 4.54.